The SMILES string of the molecule is C=C.CCO[PH](=O)O. The van der Waals surface area contributed by atoms with Crippen LogP contribution in [0.25, 0.3) is 0 Å². The molecule has 0 bridgehead atoms. The van der Waals surface area contributed by atoms with Gasteiger partial charge in [-0.05, 0) is 6.92 Å². The normalized spacial score (nSPS) is 11.2. The van der Waals surface area contributed by atoms with E-state index in [1.165, 1.54) is 0 Å². The largest absolute Gasteiger partial charge is 0.326 e. The van der Waals surface area contributed by atoms with E-state index >= 15 is 0 Å². The molecule has 3 nitrogen and oxygen atoms in total. The molecule has 1 atom stereocenters. The maximum absolute atomic E-state index is 9.56. The zero-order chi connectivity index (χ0) is 6.99. The van der Waals surface area contributed by atoms with Gasteiger partial charge in [-0.25, -0.2) is 0 Å². The van der Waals surface area contributed by atoms with Crippen molar-refractivity contribution < 1.29 is 14.0 Å². The molecule has 4 heteroatoms. The van der Waals surface area contributed by atoms with Crippen molar-refractivity contribution in [1.82, 2.24) is 0 Å². The lowest BCUT2D eigenvalue weighted by Crippen LogP contribution is -1.72. The molecule has 0 aromatic rings. The molecule has 0 radical (unpaired) electrons. The van der Waals surface area contributed by atoms with E-state index in [1.807, 2.05) is 0 Å². The fourth-order valence-corrected chi connectivity index (χ4v) is 0.370. The van der Waals surface area contributed by atoms with Gasteiger partial charge in [0.05, 0.1) is 6.61 Å². The predicted molar refractivity (Wildman–Crippen MR) is 34.1 cm³/mol. The van der Waals surface area contributed by atoms with Crippen LogP contribution in [0.2, 0.25) is 0 Å². The van der Waals surface area contributed by atoms with E-state index < -0.39 is 8.25 Å². The van der Waals surface area contributed by atoms with Gasteiger partial charge in [0.2, 0.25) is 0 Å². The second kappa shape index (κ2) is 10.00. The van der Waals surface area contributed by atoms with Crippen molar-refractivity contribution in [3.8, 4) is 0 Å². The molecule has 0 aliphatic carbocycles. The molecule has 0 saturated carbocycles. The van der Waals surface area contributed by atoms with Crippen molar-refractivity contribution in [2.75, 3.05) is 6.61 Å². The molecule has 0 fully saturated rings. The molecule has 0 aliphatic rings. The van der Waals surface area contributed by atoms with Gasteiger partial charge < -0.3 is 9.42 Å². The zero-order valence-corrected chi connectivity index (χ0v) is 5.89. The second-order valence-corrected chi connectivity index (χ2v) is 1.52. The summed E-state index contributed by atoms with van der Waals surface area (Å²) in [5.41, 5.74) is 0. The van der Waals surface area contributed by atoms with Crippen LogP contribution < -0.4 is 0 Å². The summed E-state index contributed by atoms with van der Waals surface area (Å²) in [5.74, 6) is 0. The van der Waals surface area contributed by atoms with Gasteiger partial charge in [-0.1, -0.05) is 0 Å². The average molecular weight is 138 g/mol. The summed E-state index contributed by atoms with van der Waals surface area (Å²) in [4.78, 5) is 7.88. The van der Waals surface area contributed by atoms with Gasteiger partial charge in [-0.2, -0.15) is 0 Å². The Bertz CT molecular complexity index is 64.3. The van der Waals surface area contributed by atoms with Crippen LogP contribution in [0.15, 0.2) is 13.2 Å². The Morgan fingerprint density at radius 1 is 1.75 bits per heavy atom. The fraction of sp³-hybridized carbons (Fsp3) is 0.500. The highest BCUT2D eigenvalue weighted by atomic mass is 31.1. The summed E-state index contributed by atoms with van der Waals surface area (Å²) < 4.78 is 13.7. The maximum Gasteiger partial charge on any atom is 0.316 e. The Labute approximate surface area is 49.9 Å². The third kappa shape index (κ3) is 16.9. The Balaban J connectivity index is 0. The molecule has 1 unspecified atom stereocenters. The maximum atomic E-state index is 9.56. The van der Waals surface area contributed by atoms with Crippen molar-refractivity contribution in [1.29, 1.82) is 0 Å². The Hall–Kier alpha value is -0.110. The first-order chi connectivity index (χ1) is 3.77. The molecular weight excluding hydrogens is 127 g/mol. The van der Waals surface area contributed by atoms with E-state index in [4.69, 9.17) is 4.89 Å². The van der Waals surface area contributed by atoms with Crippen LogP contribution in [0.5, 0.6) is 0 Å². The average Bonchev–Trinajstić information content (AvgIpc) is 1.72. The van der Waals surface area contributed by atoms with E-state index in [9.17, 15) is 4.57 Å². The minimum Gasteiger partial charge on any atom is -0.326 e. The molecule has 50 valence electrons. The van der Waals surface area contributed by atoms with Crippen LogP contribution in [0.4, 0.5) is 0 Å². The molecule has 0 aliphatic heterocycles. The quantitative estimate of drug-likeness (QED) is 0.460. The second-order valence-electron chi connectivity index (χ2n) is 0.699. The first-order valence-electron chi connectivity index (χ1n) is 2.13. The lowest BCUT2D eigenvalue weighted by molar-refractivity contribution is 0.297. The van der Waals surface area contributed by atoms with E-state index in [0.29, 0.717) is 6.61 Å². The molecule has 0 aromatic heterocycles. The summed E-state index contributed by atoms with van der Waals surface area (Å²) in [6.07, 6.45) is 0. The van der Waals surface area contributed by atoms with Gasteiger partial charge in [-0.3, -0.25) is 4.57 Å². The van der Waals surface area contributed by atoms with E-state index in [1.54, 1.807) is 6.92 Å². The monoisotopic (exact) mass is 138 g/mol. The summed E-state index contributed by atoms with van der Waals surface area (Å²) in [5, 5.41) is 0. The molecule has 0 rings (SSSR count). The third-order valence-corrected chi connectivity index (χ3v) is 0.803. The van der Waals surface area contributed by atoms with Crippen molar-refractivity contribution in [3.63, 3.8) is 0 Å². The zero-order valence-electron chi connectivity index (χ0n) is 4.89. The van der Waals surface area contributed by atoms with Gasteiger partial charge in [0.15, 0.2) is 0 Å². The summed E-state index contributed by atoms with van der Waals surface area (Å²) >= 11 is 0. The minimum absolute atomic E-state index is 0.314. The number of hydrogen-bond acceptors (Lipinski definition) is 2. The molecule has 0 spiro atoms. The van der Waals surface area contributed by atoms with Gasteiger partial charge in [0, 0.05) is 0 Å². The highest BCUT2D eigenvalue weighted by Crippen LogP contribution is 2.12. The van der Waals surface area contributed by atoms with Crippen molar-refractivity contribution in [2.45, 2.75) is 6.92 Å². The van der Waals surface area contributed by atoms with Crippen molar-refractivity contribution in [2.24, 2.45) is 0 Å². The Kier molecular flexibility index (Phi) is 13.5. The van der Waals surface area contributed by atoms with Crippen LogP contribution >= 0.6 is 8.25 Å². The van der Waals surface area contributed by atoms with Crippen molar-refractivity contribution in [3.05, 3.63) is 13.2 Å². The van der Waals surface area contributed by atoms with Crippen LogP contribution in [0.3, 0.4) is 0 Å². The molecular formula is C4H11O3P. The molecule has 0 heterocycles. The van der Waals surface area contributed by atoms with Gasteiger partial charge in [0.25, 0.3) is 0 Å². The van der Waals surface area contributed by atoms with E-state index in [0.717, 1.165) is 0 Å². The molecule has 0 saturated heterocycles. The highest BCUT2D eigenvalue weighted by Gasteiger charge is 1.81. The lowest BCUT2D eigenvalue weighted by atomic mass is 10.9. The molecule has 0 aromatic carbocycles. The van der Waals surface area contributed by atoms with Crippen molar-refractivity contribution >= 4 is 8.25 Å². The van der Waals surface area contributed by atoms with Crippen LogP contribution in [-0.2, 0) is 9.09 Å². The van der Waals surface area contributed by atoms with Gasteiger partial charge in [-0.15, -0.1) is 13.2 Å². The fourth-order valence-electron chi connectivity index (χ4n) is 0.123. The predicted octanol–water partition coefficient (Wildman–Crippen LogP) is 1.21. The Morgan fingerprint density at radius 3 is 2.12 bits per heavy atom. The smallest absolute Gasteiger partial charge is 0.316 e. The number of rotatable bonds is 2. The Morgan fingerprint density at radius 2 is 2.12 bits per heavy atom. The third-order valence-electron chi connectivity index (χ3n) is 0.268. The molecule has 1 N–H and O–H groups in total. The molecule has 8 heavy (non-hydrogen) atoms. The summed E-state index contributed by atoms with van der Waals surface area (Å²) in [6.45, 7) is 7.98. The van der Waals surface area contributed by atoms with Gasteiger partial charge >= 0.3 is 8.25 Å². The topological polar surface area (TPSA) is 46.5 Å². The lowest BCUT2D eigenvalue weighted by Gasteiger charge is -1.86. The standard InChI is InChI=1S/C2H7O3P.C2H4/c1-2-5-6(3)4;1-2/h6H,2H2,1H3,(H,3,4);1-2H2. The van der Waals surface area contributed by atoms with Crippen LogP contribution in [0.1, 0.15) is 6.92 Å². The minimum atomic E-state index is -2.64. The number of hydrogen-bond donors (Lipinski definition) is 1. The molecule has 0 amide bonds. The van der Waals surface area contributed by atoms with Crippen LogP contribution in [-0.4, -0.2) is 11.5 Å². The first kappa shape index (κ1) is 10.8. The highest BCUT2D eigenvalue weighted by molar-refractivity contribution is 7.32. The van der Waals surface area contributed by atoms with Gasteiger partial charge in [0.1, 0.15) is 0 Å². The van der Waals surface area contributed by atoms with E-state index in [2.05, 4.69) is 17.7 Å². The van der Waals surface area contributed by atoms with Crippen LogP contribution in [0, 0.1) is 0 Å². The first-order valence-corrected chi connectivity index (χ1v) is 3.39. The summed E-state index contributed by atoms with van der Waals surface area (Å²) in [6, 6.07) is 0. The van der Waals surface area contributed by atoms with E-state index in [-0.39, 0.29) is 0 Å². The summed E-state index contributed by atoms with van der Waals surface area (Å²) in [7, 11) is -2.64.